The van der Waals surface area contributed by atoms with Crippen molar-refractivity contribution in [2.24, 2.45) is 0 Å². The number of rotatable bonds is 2. The Morgan fingerprint density at radius 1 is 1.38 bits per heavy atom. The van der Waals surface area contributed by atoms with Gasteiger partial charge in [0.15, 0.2) is 0 Å². The molecule has 0 spiro atoms. The van der Waals surface area contributed by atoms with Crippen molar-refractivity contribution < 1.29 is 18.1 Å². The van der Waals surface area contributed by atoms with Gasteiger partial charge in [0.2, 0.25) is 0 Å². The summed E-state index contributed by atoms with van der Waals surface area (Å²) in [6.07, 6.45) is -0.748. The van der Waals surface area contributed by atoms with Gasteiger partial charge in [0.1, 0.15) is 0 Å². The zero-order valence-electron chi connectivity index (χ0n) is 7.01. The first-order valence-corrected chi connectivity index (χ1v) is 5.11. The van der Waals surface area contributed by atoms with Crippen molar-refractivity contribution in [3.63, 3.8) is 0 Å². The maximum atomic E-state index is 10.7. The molecule has 0 aliphatic heterocycles. The predicted octanol–water partition coefficient (Wildman–Crippen LogP) is 0.987. The molecule has 5 heteroatoms. The molecule has 0 fully saturated rings. The van der Waals surface area contributed by atoms with E-state index >= 15 is 0 Å². The van der Waals surface area contributed by atoms with Crippen molar-refractivity contribution in [2.45, 2.75) is 17.9 Å². The second kappa shape index (κ2) is 3.45. The van der Waals surface area contributed by atoms with Crippen LogP contribution in [0.2, 0.25) is 0 Å². The Bertz CT molecular complexity index is 394. The Hall–Kier alpha value is -0.910. The lowest BCUT2D eigenvalue weighted by molar-refractivity contribution is 0.199. The molecular weight excluding hydrogens is 192 g/mol. The third-order valence-electron chi connectivity index (χ3n) is 1.64. The number of hydrogen-bond acceptors (Lipinski definition) is 3. The van der Waals surface area contributed by atoms with Crippen LogP contribution in [0, 0.1) is 0 Å². The van der Waals surface area contributed by atoms with Crippen LogP contribution in [0.4, 0.5) is 0 Å². The molecule has 4 nitrogen and oxygen atoms in total. The van der Waals surface area contributed by atoms with Gasteiger partial charge in [0, 0.05) is 0 Å². The molecule has 0 amide bonds. The summed E-state index contributed by atoms with van der Waals surface area (Å²) in [7, 11) is -4.17. The SMILES string of the molecule is CC(O)c1cccc(S(=O)(=O)O)c1. The van der Waals surface area contributed by atoms with Crippen molar-refractivity contribution >= 4 is 10.1 Å². The molecule has 1 rings (SSSR count). The van der Waals surface area contributed by atoms with Crippen molar-refractivity contribution in [3.8, 4) is 0 Å². The van der Waals surface area contributed by atoms with Gasteiger partial charge in [-0.25, -0.2) is 0 Å². The van der Waals surface area contributed by atoms with Gasteiger partial charge in [-0.1, -0.05) is 12.1 Å². The molecule has 2 N–H and O–H groups in total. The Balaban J connectivity index is 3.21. The van der Waals surface area contributed by atoms with Crippen molar-refractivity contribution in [1.29, 1.82) is 0 Å². The summed E-state index contributed by atoms with van der Waals surface area (Å²) in [5.74, 6) is 0. The second-order valence-electron chi connectivity index (χ2n) is 2.72. The summed E-state index contributed by atoms with van der Waals surface area (Å²) in [4.78, 5) is -0.203. The fourth-order valence-electron chi connectivity index (χ4n) is 0.935. The van der Waals surface area contributed by atoms with Gasteiger partial charge in [-0.15, -0.1) is 0 Å². The average Bonchev–Trinajstić information content (AvgIpc) is 2.03. The fraction of sp³-hybridized carbons (Fsp3) is 0.250. The molecule has 0 saturated carbocycles. The molecule has 0 aliphatic rings. The van der Waals surface area contributed by atoms with Gasteiger partial charge in [-0.05, 0) is 24.6 Å². The number of aliphatic hydroxyl groups is 1. The molecule has 1 unspecified atom stereocenters. The highest BCUT2D eigenvalue weighted by atomic mass is 32.2. The highest BCUT2D eigenvalue weighted by Crippen LogP contribution is 2.16. The second-order valence-corrected chi connectivity index (χ2v) is 4.15. The first-order chi connectivity index (χ1) is 5.91. The average molecular weight is 202 g/mol. The molecule has 1 atom stereocenters. The fourth-order valence-corrected chi connectivity index (χ4v) is 1.47. The smallest absolute Gasteiger partial charge is 0.294 e. The molecule has 1 aromatic rings. The summed E-state index contributed by atoms with van der Waals surface area (Å²) in [5, 5.41) is 9.14. The van der Waals surface area contributed by atoms with Crippen LogP contribution in [-0.4, -0.2) is 18.1 Å². The van der Waals surface area contributed by atoms with Gasteiger partial charge in [-0.3, -0.25) is 4.55 Å². The van der Waals surface area contributed by atoms with Crippen LogP contribution < -0.4 is 0 Å². The van der Waals surface area contributed by atoms with E-state index in [0.717, 1.165) is 0 Å². The summed E-state index contributed by atoms with van der Waals surface area (Å²) in [6, 6.07) is 5.55. The first-order valence-electron chi connectivity index (χ1n) is 3.67. The van der Waals surface area contributed by atoms with Crippen molar-refractivity contribution in [3.05, 3.63) is 29.8 Å². The van der Waals surface area contributed by atoms with Crippen LogP contribution in [-0.2, 0) is 10.1 Å². The molecular formula is C8H10O4S. The lowest BCUT2D eigenvalue weighted by atomic mass is 10.1. The third-order valence-corrected chi connectivity index (χ3v) is 2.49. The van der Waals surface area contributed by atoms with Crippen LogP contribution in [0.5, 0.6) is 0 Å². The lowest BCUT2D eigenvalue weighted by Crippen LogP contribution is -2.00. The van der Waals surface area contributed by atoms with Crippen LogP contribution >= 0.6 is 0 Å². The minimum Gasteiger partial charge on any atom is -0.389 e. The monoisotopic (exact) mass is 202 g/mol. The minimum absolute atomic E-state index is 0.203. The number of hydrogen-bond donors (Lipinski definition) is 2. The number of aliphatic hydroxyl groups excluding tert-OH is 1. The Morgan fingerprint density at radius 3 is 2.46 bits per heavy atom. The Morgan fingerprint density at radius 2 is 2.00 bits per heavy atom. The number of benzene rings is 1. The molecule has 0 bridgehead atoms. The zero-order chi connectivity index (χ0) is 10.1. The third kappa shape index (κ3) is 2.51. The van der Waals surface area contributed by atoms with Gasteiger partial charge in [-0.2, -0.15) is 8.42 Å². The van der Waals surface area contributed by atoms with Crippen LogP contribution in [0.15, 0.2) is 29.2 Å². The minimum atomic E-state index is -4.17. The summed E-state index contributed by atoms with van der Waals surface area (Å²) >= 11 is 0. The van der Waals surface area contributed by atoms with E-state index in [1.165, 1.54) is 25.1 Å². The zero-order valence-corrected chi connectivity index (χ0v) is 7.82. The van der Waals surface area contributed by atoms with E-state index in [4.69, 9.17) is 9.66 Å². The van der Waals surface area contributed by atoms with Crippen LogP contribution in [0.1, 0.15) is 18.6 Å². The highest BCUT2D eigenvalue weighted by Gasteiger charge is 2.10. The van der Waals surface area contributed by atoms with Gasteiger partial charge >= 0.3 is 0 Å². The molecule has 13 heavy (non-hydrogen) atoms. The molecule has 0 heterocycles. The Labute approximate surface area is 76.6 Å². The van der Waals surface area contributed by atoms with E-state index in [2.05, 4.69) is 0 Å². The van der Waals surface area contributed by atoms with E-state index in [-0.39, 0.29) is 4.90 Å². The predicted molar refractivity (Wildman–Crippen MR) is 46.9 cm³/mol. The van der Waals surface area contributed by atoms with Gasteiger partial charge in [0.25, 0.3) is 10.1 Å². The maximum absolute atomic E-state index is 10.7. The summed E-state index contributed by atoms with van der Waals surface area (Å²) < 4.78 is 30.0. The van der Waals surface area contributed by atoms with Crippen LogP contribution in [0.3, 0.4) is 0 Å². The molecule has 72 valence electrons. The van der Waals surface area contributed by atoms with Crippen molar-refractivity contribution in [2.75, 3.05) is 0 Å². The van der Waals surface area contributed by atoms with Gasteiger partial charge < -0.3 is 5.11 Å². The molecule has 0 aliphatic carbocycles. The van der Waals surface area contributed by atoms with Crippen molar-refractivity contribution in [1.82, 2.24) is 0 Å². The van der Waals surface area contributed by atoms with E-state index < -0.39 is 16.2 Å². The van der Waals surface area contributed by atoms with E-state index in [1.54, 1.807) is 6.07 Å². The lowest BCUT2D eigenvalue weighted by Gasteiger charge is -2.04. The van der Waals surface area contributed by atoms with E-state index in [9.17, 15) is 8.42 Å². The molecule has 0 saturated heterocycles. The molecule has 1 aromatic carbocycles. The first kappa shape index (κ1) is 10.2. The largest absolute Gasteiger partial charge is 0.389 e. The Kier molecular flexibility index (Phi) is 2.70. The maximum Gasteiger partial charge on any atom is 0.294 e. The topological polar surface area (TPSA) is 74.6 Å². The summed E-state index contributed by atoms with van der Waals surface area (Å²) in [6.45, 7) is 1.52. The quantitative estimate of drug-likeness (QED) is 0.701. The highest BCUT2D eigenvalue weighted by molar-refractivity contribution is 7.85. The molecule has 0 radical (unpaired) electrons. The van der Waals surface area contributed by atoms with Crippen LogP contribution in [0.25, 0.3) is 0 Å². The van der Waals surface area contributed by atoms with E-state index in [1.807, 2.05) is 0 Å². The normalized spacial score (nSPS) is 14.1. The molecule has 0 aromatic heterocycles. The standard InChI is InChI=1S/C8H10O4S/c1-6(9)7-3-2-4-8(5-7)13(10,11)12/h2-6,9H,1H3,(H,10,11,12). The van der Waals surface area contributed by atoms with E-state index in [0.29, 0.717) is 5.56 Å². The van der Waals surface area contributed by atoms with Gasteiger partial charge in [0.05, 0.1) is 11.0 Å². The summed E-state index contributed by atoms with van der Waals surface area (Å²) in [5.41, 5.74) is 0.454.